The van der Waals surface area contributed by atoms with E-state index in [4.69, 9.17) is 4.74 Å². The van der Waals surface area contributed by atoms with Gasteiger partial charge in [-0.25, -0.2) is 0 Å². The van der Waals surface area contributed by atoms with Crippen LogP contribution in [-0.2, 0) is 6.42 Å². The molecule has 0 aliphatic rings. The van der Waals surface area contributed by atoms with E-state index in [9.17, 15) is 0 Å². The molecule has 0 aliphatic carbocycles. The molecular weight excluding hydrogens is 234 g/mol. The molecule has 0 amide bonds. The number of rotatable bonds is 4. The van der Waals surface area contributed by atoms with E-state index in [0.29, 0.717) is 6.61 Å². The Morgan fingerprint density at radius 2 is 1.79 bits per heavy atom. The molecule has 0 N–H and O–H groups in total. The molecule has 94 valence electrons. The largest absolute Gasteiger partial charge is 0.493 e. The maximum Gasteiger partial charge on any atom is 0.127 e. The Kier molecular flexibility index (Phi) is 3.41. The SMILES string of the molecule is c1cncc(CCOc2cccc3ccccc23)c1. The molecule has 1 heterocycles. The van der Waals surface area contributed by atoms with E-state index in [0.717, 1.165) is 17.6 Å². The first kappa shape index (κ1) is 11.7. The van der Waals surface area contributed by atoms with Crippen molar-refractivity contribution < 1.29 is 4.74 Å². The third-order valence-corrected chi connectivity index (χ3v) is 3.12. The van der Waals surface area contributed by atoms with Crippen molar-refractivity contribution in [2.24, 2.45) is 0 Å². The van der Waals surface area contributed by atoms with Crippen LogP contribution in [0.4, 0.5) is 0 Å². The molecule has 0 atom stereocenters. The Morgan fingerprint density at radius 3 is 2.68 bits per heavy atom. The third kappa shape index (κ3) is 2.74. The summed E-state index contributed by atoms with van der Waals surface area (Å²) in [4.78, 5) is 4.10. The normalized spacial score (nSPS) is 10.5. The van der Waals surface area contributed by atoms with Crippen molar-refractivity contribution in [2.75, 3.05) is 6.61 Å². The lowest BCUT2D eigenvalue weighted by atomic mass is 10.1. The van der Waals surface area contributed by atoms with E-state index >= 15 is 0 Å². The van der Waals surface area contributed by atoms with Gasteiger partial charge in [0, 0.05) is 24.2 Å². The van der Waals surface area contributed by atoms with Crippen LogP contribution >= 0.6 is 0 Å². The molecule has 0 fully saturated rings. The van der Waals surface area contributed by atoms with Crippen LogP contribution < -0.4 is 4.74 Å². The first-order chi connectivity index (χ1) is 9.43. The fourth-order valence-corrected chi connectivity index (χ4v) is 2.15. The summed E-state index contributed by atoms with van der Waals surface area (Å²) in [7, 11) is 0. The summed E-state index contributed by atoms with van der Waals surface area (Å²) in [5.74, 6) is 0.946. The van der Waals surface area contributed by atoms with Crippen LogP contribution in [0.5, 0.6) is 5.75 Å². The highest BCUT2D eigenvalue weighted by Gasteiger charge is 2.01. The van der Waals surface area contributed by atoms with Crippen LogP contribution in [-0.4, -0.2) is 11.6 Å². The molecule has 0 aliphatic heterocycles. The van der Waals surface area contributed by atoms with Gasteiger partial charge in [0.05, 0.1) is 6.61 Å². The molecule has 0 saturated heterocycles. The zero-order valence-corrected chi connectivity index (χ0v) is 10.6. The number of pyridine rings is 1. The summed E-state index contributed by atoms with van der Waals surface area (Å²) in [5, 5.41) is 2.37. The topological polar surface area (TPSA) is 22.1 Å². The first-order valence-electron chi connectivity index (χ1n) is 6.43. The maximum absolute atomic E-state index is 5.90. The van der Waals surface area contributed by atoms with E-state index in [1.165, 1.54) is 10.9 Å². The summed E-state index contributed by atoms with van der Waals surface area (Å²) >= 11 is 0. The fourth-order valence-electron chi connectivity index (χ4n) is 2.15. The van der Waals surface area contributed by atoms with Gasteiger partial charge in [0.25, 0.3) is 0 Å². The van der Waals surface area contributed by atoms with Gasteiger partial charge >= 0.3 is 0 Å². The smallest absolute Gasteiger partial charge is 0.127 e. The van der Waals surface area contributed by atoms with Gasteiger partial charge in [-0.15, -0.1) is 0 Å². The first-order valence-corrected chi connectivity index (χ1v) is 6.43. The highest BCUT2D eigenvalue weighted by atomic mass is 16.5. The molecule has 2 aromatic carbocycles. The van der Waals surface area contributed by atoms with E-state index in [2.05, 4.69) is 29.2 Å². The number of aromatic nitrogens is 1. The van der Waals surface area contributed by atoms with Crippen molar-refractivity contribution >= 4 is 10.8 Å². The van der Waals surface area contributed by atoms with Crippen LogP contribution in [0.1, 0.15) is 5.56 Å². The predicted molar refractivity (Wildman–Crippen MR) is 77.4 cm³/mol. The quantitative estimate of drug-likeness (QED) is 0.700. The van der Waals surface area contributed by atoms with Gasteiger partial charge in [0.2, 0.25) is 0 Å². The number of hydrogen-bond acceptors (Lipinski definition) is 2. The Bertz CT molecular complexity index is 659. The second-order valence-electron chi connectivity index (χ2n) is 4.44. The minimum Gasteiger partial charge on any atom is -0.493 e. The number of ether oxygens (including phenoxy) is 1. The summed E-state index contributed by atoms with van der Waals surface area (Å²) in [6, 6.07) is 18.4. The highest BCUT2D eigenvalue weighted by Crippen LogP contribution is 2.25. The van der Waals surface area contributed by atoms with Crippen LogP contribution in [0.15, 0.2) is 67.0 Å². The molecule has 2 heteroatoms. The van der Waals surface area contributed by atoms with E-state index in [1.807, 2.05) is 36.5 Å². The zero-order chi connectivity index (χ0) is 12.9. The molecule has 3 aromatic rings. The van der Waals surface area contributed by atoms with E-state index in [1.54, 1.807) is 6.20 Å². The van der Waals surface area contributed by atoms with Gasteiger partial charge in [-0.3, -0.25) is 4.98 Å². The second-order valence-corrected chi connectivity index (χ2v) is 4.44. The van der Waals surface area contributed by atoms with Crippen LogP contribution in [0, 0.1) is 0 Å². The van der Waals surface area contributed by atoms with Gasteiger partial charge in [0.1, 0.15) is 5.75 Å². The number of benzene rings is 2. The number of nitrogens with zero attached hydrogens (tertiary/aromatic N) is 1. The average Bonchev–Trinajstić information content (AvgIpc) is 2.49. The third-order valence-electron chi connectivity index (χ3n) is 3.12. The van der Waals surface area contributed by atoms with Crippen molar-refractivity contribution in [1.29, 1.82) is 0 Å². The summed E-state index contributed by atoms with van der Waals surface area (Å²) in [6.45, 7) is 0.666. The summed E-state index contributed by atoms with van der Waals surface area (Å²) in [5.41, 5.74) is 1.20. The van der Waals surface area contributed by atoms with Crippen LogP contribution in [0.3, 0.4) is 0 Å². The van der Waals surface area contributed by atoms with Gasteiger partial charge < -0.3 is 4.74 Å². The van der Waals surface area contributed by atoms with Crippen molar-refractivity contribution in [3.05, 3.63) is 72.6 Å². The lowest BCUT2D eigenvalue weighted by Gasteiger charge is -2.09. The molecule has 19 heavy (non-hydrogen) atoms. The maximum atomic E-state index is 5.90. The summed E-state index contributed by atoms with van der Waals surface area (Å²) in [6.07, 6.45) is 4.54. The Balaban J connectivity index is 1.72. The lowest BCUT2D eigenvalue weighted by molar-refractivity contribution is 0.325. The number of hydrogen-bond donors (Lipinski definition) is 0. The standard InChI is InChI=1S/C17H15NO/c1-2-8-16-15(6-1)7-3-9-17(16)19-12-10-14-5-4-11-18-13-14/h1-9,11,13H,10,12H2. The van der Waals surface area contributed by atoms with Crippen molar-refractivity contribution in [1.82, 2.24) is 4.98 Å². The fraction of sp³-hybridized carbons (Fsp3) is 0.118. The zero-order valence-electron chi connectivity index (χ0n) is 10.6. The average molecular weight is 249 g/mol. The molecule has 3 rings (SSSR count). The molecule has 0 saturated carbocycles. The molecular formula is C17H15NO. The predicted octanol–water partition coefficient (Wildman–Crippen LogP) is 3.86. The van der Waals surface area contributed by atoms with Gasteiger partial charge in [-0.1, -0.05) is 42.5 Å². The monoisotopic (exact) mass is 249 g/mol. The van der Waals surface area contributed by atoms with Crippen LogP contribution in [0.25, 0.3) is 10.8 Å². The van der Waals surface area contributed by atoms with E-state index < -0.39 is 0 Å². The second kappa shape index (κ2) is 5.53. The molecule has 0 radical (unpaired) electrons. The molecule has 0 bridgehead atoms. The molecule has 1 aromatic heterocycles. The minimum absolute atomic E-state index is 0.666. The van der Waals surface area contributed by atoms with Crippen LogP contribution in [0.2, 0.25) is 0 Å². The van der Waals surface area contributed by atoms with E-state index in [-0.39, 0.29) is 0 Å². The Hall–Kier alpha value is -2.35. The molecule has 0 unspecified atom stereocenters. The van der Waals surface area contributed by atoms with Gasteiger partial charge in [-0.2, -0.15) is 0 Å². The highest BCUT2D eigenvalue weighted by molar-refractivity contribution is 5.88. The van der Waals surface area contributed by atoms with Crippen molar-refractivity contribution in [3.63, 3.8) is 0 Å². The Morgan fingerprint density at radius 1 is 0.895 bits per heavy atom. The molecule has 2 nitrogen and oxygen atoms in total. The van der Waals surface area contributed by atoms with Crippen molar-refractivity contribution in [2.45, 2.75) is 6.42 Å². The molecule has 0 spiro atoms. The van der Waals surface area contributed by atoms with Gasteiger partial charge in [0.15, 0.2) is 0 Å². The summed E-state index contributed by atoms with van der Waals surface area (Å²) < 4.78 is 5.90. The minimum atomic E-state index is 0.666. The lowest BCUT2D eigenvalue weighted by Crippen LogP contribution is -2.01. The van der Waals surface area contributed by atoms with Crippen molar-refractivity contribution in [3.8, 4) is 5.75 Å². The van der Waals surface area contributed by atoms with Gasteiger partial charge in [-0.05, 0) is 23.1 Å². The Labute approximate surface area is 112 Å². The number of fused-ring (bicyclic) bond motifs is 1.